The number of aryl methyl sites for hydroxylation is 1. The molecule has 0 fully saturated rings. The highest BCUT2D eigenvalue weighted by Crippen LogP contribution is 2.02. The smallest absolute Gasteiger partial charge is 0.247 e. The van der Waals surface area contributed by atoms with Crippen LogP contribution in [-0.4, -0.2) is 4.98 Å². The number of hydrogen-bond donors (Lipinski definition) is 1. The van der Waals surface area contributed by atoms with Gasteiger partial charge in [-0.05, 0) is 6.42 Å². The molecule has 0 unspecified atom stereocenters. The Bertz CT molecular complexity index is 250. The molecular formula is C11H19N2+. The van der Waals surface area contributed by atoms with Gasteiger partial charge < -0.3 is 0 Å². The molecule has 0 radical (unpaired) electrons. The van der Waals surface area contributed by atoms with Crippen LogP contribution in [0.2, 0.25) is 0 Å². The number of aromatic nitrogens is 2. The second-order valence-corrected chi connectivity index (χ2v) is 3.31. The third kappa shape index (κ3) is 3.05. The van der Waals surface area contributed by atoms with Crippen LogP contribution >= 0.6 is 0 Å². The van der Waals surface area contributed by atoms with Crippen molar-refractivity contribution in [1.82, 2.24) is 4.98 Å². The lowest BCUT2D eigenvalue weighted by Crippen LogP contribution is -2.27. The maximum absolute atomic E-state index is 3.75. The molecule has 0 aliphatic heterocycles. The van der Waals surface area contributed by atoms with Crippen LogP contribution in [0.25, 0.3) is 6.20 Å². The van der Waals surface area contributed by atoms with Crippen molar-refractivity contribution in [3.8, 4) is 0 Å². The van der Waals surface area contributed by atoms with Crippen LogP contribution in [0.4, 0.5) is 0 Å². The molecule has 0 aliphatic carbocycles. The lowest BCUT2D eigenvalue weighted by molar-refractivity contribution is -0.575. The highest BCUT2D eigenvalue weighted by Gasteiger charge is 2.05. The Morgan fingerprint density at radius 2 is 2.31 bits per heavy atom. The highest BCUT2D eigenvalue weighted by atomic mass is 15.0. The number of unbranched alkanes of at least 4 members (excludes halogenated alkanes) is 3. The first-order valence-corrected chi connectivity index (χ1v) is 5.08. The second kappa shape index (κ2) is 5.57. The zero-order valence-corrected chi connectivity index (χ0v) is 8.42. The number of rotatable bonds is 6. The molecule has 0 amide bonds. The third-order valence-electron chi connectivity index (χ3n) is 2.26. The van der Waals surface area contributed by atoms with E-state index in [9.17, 15) is 0 Å². The van der Waals surface area contributed by atoms with Crippen LogP contribution in [0, 0.1) is 0 Å². The van der Waals surface area contributed by atoms with Crippen LogP contribution < -0.4 is 4.57 Å². The topological polar surface area (TPSA) is 19.7 Å². The third-order valence-corrected chi connectivity index (χ3v) is 2.26. The molecule has 0 atom stereocenters. The normalized spacial score (nSPS) is 10.2. The fourth-order valence-corrected chi connectivity index (χ4v) is 1.47. The molecule has 0 aliphatic rings. The van der Waals surface area contributed by atoms with E-state index >= 15 is 0 Å². The van der Waals surface area contributed by atoms with Crippen molar-refractivity contribution >= 4 is 6.20 Å². The summed E-state index contributed by atoms with van der Waals surface area (Å²) in [5, 5.41) is 0. The number of aromatic amines is 1. The molecule has 0 bridgehead atoms. The monoisotopic (exact) mass is 179 g/mol. The van der Waals surface area contributed by atoms with Gasteiger partial charge >= 0.3 is 0 Å². The molecule has 1 N–H and O–H groups in total. The van der Waals surface area contributed by atoms with Crippen LogP contribution in [-0.2, 0) is 6.42 Å². The van der Waals surface area contributed by atoms with E-state index in [1.807, 2.05) is 23.2 Å². The Morgan fingerprint density at radius 1 is 1.46 bits per heavy atom. The van der Waals surface area contributed by atoms with Crippen molar-refractivity contribution in [3.63, 3.8) is 0 Å². The van der Waals surface area contributed by atoms with Gasteiger partial charge in [0.05, 0.1) is 6.20 Å². The van der Waals surface area contributed by atoms with Gasteiger partial charge in [-0.3, -0.25) is 0 Å². The van der Waals surface area contributed by atoms with Gasteiger partial charge in [-0.15, -0.1) is 0 Å². The van der Waals surface area contributed by atoms with Gasteiger partial charge in [0.1, 0.15) is 12.4 Å². The predicted molar refractivity (Wildman–Crippen MR) is 55.2 cm³/mol. The zero-order valence-electron chi connectivity index (χ0n) is 8.42. The van der Waals surface area contributed by atoms with Crippen LogP contribution in [0.1, 0.15) is 38.4 Å². The molecule has 1 heterocycles. The maximum atomic E-state index is 3.75. The van der Waals surface area contributed by atoms with Crippen molar-refractivity contribution in [2.24, 2.45) is 0 Å². The molecular weight excluding hydrogens is 160 g/mol. The fraction of sp³-hybridized carbons (Fsp3) is 0.545. The van der Waals surface area contributed by atoms with Gasteiger partial charge in [-0.1, -0.05) is 32.8 Å². The summed E-state index contributed by atoms with van der Waals surface area (Å²) >= 11 is 0. The first-order valence-electron chi connectivity index (χ1n) is 5.08. The molecule has 2 nitrogen and oxygen atoms in total. The van der Waals surface area contributed by atoms with Gasteiger partial charge in [0.2, 0.25) is 0 Å². The molecule has 2 heteroatoms. The van der Waals surface area contributed by atoms with E-state index in [0.717, 1.165) is 6.42 Å². The summed E-state index contributed by atoms with van der Waals surface area (Å²) in [4.78, 5) is 3.23. The van der Waals surface area contributed by atoms with Gasteiger partial charge in [0.25, 0.3) is 5.82 Å². The Hall–Kier alpha value is -1.05. The molecule has 0 aromatic carbocycles. The van der Waals surface area contributed by atoms with E-state index in [2.05, 4.69) is 18.5 Å². The number of H-pyrrole nitrogens is 1. The second-order valence-electron chi connectivity index (χ2n) is 3.31. The number of hydrogen-bond acceptors (Lipinski definition) is 0. The summed E-state index contributed by atoms with van der Waals surface area (Å²) in [6.07, 6.45) is 12.2. The van der Waals surface area contributed by atoms with E-state index in [1.165, 1.54) is 31.5 Å². The van der Waals surface area contributed by atoms with Crippen LogP contribution in [0.5, 0.6) is 0 Å². The number of imidazole rings is 1. The molecule has 0 saturated heterocycles. The fourth-order valence-electron chi connectivity index (χ4n) is 1.47. The predicted octanol–water partition coefficient (Wildman–Crippen LogP) is 2.53. The number of nitrogens with one attached hydrogen (secondary N) is 1. The molecule has 0 spiro atoms. The minimum absolute atomic E-state index is 1.12. The maximum Gasteiger partial charge on any atom is 0.258 e. The lowest BCUT2D eigenvalue weighted by atomic mass is 10.1. The quantitative estimate of drug-likeness (QED) is 0.511. The largest absolute Gasteiger partial charge is 0.258 e. The van der Waals surface area contributed by atoms with Gasteiger partial charge in [-0.25, -0.2) is 9.55 Å². The SMILES string of the molecule is C=C[n+]1cc[nH]c1CCCCCC. The van der Waals surface area contributed by atoms with Crippen molar-refractivity contribution < 1.29 is 4.57 Å². The Morgan fingerprint density at radius 3 is 3.00 bits per heavy atom. The first kappa shape index (κ1) is 10.0. The van der Waals surface area contributed by atoms with E-state index < -0.39 is 0 Å². The van der Waals surface area contributed by atoms with Crippen LogP contribution in [0.3, 0.4) is 0 Å². The van der Waals surface area contributed by atoms with Gasteiger partial charge in [0.15, 0.2) is 0 Å². The summed E-state index contributed by atoms with van der Waals surface area (Å²) in [5.41, 5.74) is 0. The Kier molecular flexibility index (Phi) is 4.30. The van der Waals surface area contributed by atoms with Crippen molar-refractivity contribution in [2.75, 3.05) is 0 Å². The van der Waals surface area contributed by atoms with Crippen LogP contribution in [0.15, 0.2) is 19.0 Å². The average molecular weight is 179 g/mol. The summed E-state index contributed by atoms with van der Waals surface area (Å²) in [6, 6.07) is 0. The molecule has 72 valence electrons. The lowest BCUT2D eigenvalue weighted by Gasteiger charge is -1.95. The Balaban J connectivity index is 2.31. The van der Waals surface area contributed by atoms with Crippen molar-refractivity contribution in [1.29, 1.82) is 0 Å². The number of nitrogens with zero attached hydrogens (tertiary/aromatic N) is 1. The molecule has 0 saturated carbocycles. The van der Waals surface area contributed by atoms with E-state index in [4.69, 9.17) is 0 Å². The molecule has 1 aromatic heterocycles. The minimum Gasteiger partial charge on any atom is -0.247 e. The Labute approximate surface area is 80.3 Å². The first-order chi connectivity index (χ1) is 6.38. The average Bonchev–Trinajstić information content (AvgIpc) is 2.60. The molecule has 1 rings (SSSR count). The van der Waals surface area contributed by atoms with Crippen molar-refractivity contribution in [2.45, 2.75) is 39.0 Å². The summed E-state index contributed by atoms with van der Waals surface area (Å²) in [6.45, 7) is 5.99. The zero-order chi connectivity index (χ0) is 9.52. The molecule has 13 heavy (non-hydrogen) atoms. The van der Waals surface area contributed by atoms with Gasteiger partial charge in [0, 0.05) is 6.42 Å². The summed E-state index contributed by atoms with van der Waals surface area (Å²) in [7, 11) is 0. The van der Waals surface area contributed by atoms with E-state index in [0.29, 0.717) is 0 Å². The van der Waals surface area contributed by atoms with Crippen molar-refractivity contribution in [3.05, 3.63) is 24.8 Å². The van der Waals surface area contributed by atoms with E-state index in [1.54, 1.807) is 0 Å². The van der Waals surface area contributed by atoms with Gasteiger partial charge in [-0.2, -0.15) is 0 Å². The highest BCUT2D eigenvalue weighted by molar-refractivity contribution is 4.98. The standard InChI is InChI=1S/C11H18N2/c1-3-5-6-7-8-11-12-9-10-13(11)4-2/h4,9-10H,2-3,5-8H2,1H3/p+1. The van der Waals surface area contributed by atoms with E-state index in [-0.39, 0.29) is 0 Å². The minimum atomic E-state index is 1.12. The summed E-state index contributed by atoms with van der Waals surface area (Å²) in [5.74, 6) is 1.26. The molecule has 1 aromatic rings. The summed E-state index contributed by atoms with van der Waals surface area (Å²) < 4.78 is 2.05.